The van der Waals surface area contributed by atoms with Gasteiger partial charge in [0.2, 0.25) is 5.78 Å². The Morgan fingerprint density at radius 1 is 0.926 bits per heavy atom. The summed E-state index contributed by atoms with van der Waals surface area (Å²) in [6, 6.07) is 18.5. The smallest absolute Gasteiger partial charge is 0.206 e. The summed E-state index contributed by atoms with van der Waals surface area (Å²) in [5, 5.41) is 11.8. The van der Waals surface area contributed by atoms with Crippen LogP contribution in [0.5, 0.6) is 0 Å². The molecule has 2 aromatic carbocycles. The maximum Gasteiger partial charge on any atom is 0.206 e. The van der Waals surface area contributed by atoms with Crippen LogP contribution < -0.4 is 5.32 Å². The highest BCUT2D eigenvalue weighted by molar-refractivity contribution is 6.45. The van der Waals surface area contributed by atoms with Crippen LogP contribution in [0.15, 0.2) is 60.7 Å². The highest BCUT2D eigenvalue weighted by Gasteiger charge is 2.32. The van der Waals surface area contributed by atoms with E-state index >= 15 is 0 Å². The molecule has 3 atom stereocenters. The van der Waals surface area contributed by atoms with Gasteiger partial charge in [-0.1, -0.05) is 67.6 Å². The van der Waals surface area contributed by atoms with Gasteiger partial charge < -0.3 is 10.7 Å². The molecule has 0 amide bonds. The Hall–Kier alpha value is -2.59. The van der Waals surface area contributed by atoms with Crippen LogP contribution >= 0.6 is 0 Å². The van der Waals surface area contributed by atoms with Crippen LogP contribution in [0.4, 0.5) is 0 Å². The molecule has 0 unspecified atom stereocenters. The Labute approximate surface area is 160 Å². The molecule has 1 aliphatic carbocycles. The third kappa shape index (κ3) is 4.98. The van der Waals surface area contributed by atoms with E-state index in [1.54, 1.807) is 12.1 Å². The SMILES string of the molecule is C[C@@H]1C[C@H](NCC(=O)c2ccccc2)C[C@H](C(=N)C(=O)c2ccccc2)C1. The second-order valence-electron chi connectivity index (χ2n) is 7.49. The Balaban J connectivity index is 1.59. The van der Waals surface area contributed by atoms with E-state index in [4.69, 9.17) is 5.41 Å². The normalized spacial score (nSPS) is 22.2. The molecule has 0 bridgehead atoms. The molecule has 2 N–H and O–H groups in total. The van der Waals surface area contributed by atoms with E-state index in [0.29, 0.717) is 17.0 Å². The van der Waals surface area contributed by atoms with E-state index in [-0.39, 0.29) is 35.8 Å². The average molecular weight is 362 g/mol. The summed E-state index contributed by atoms with van der Waals surface area (Å²) in [5.41, 5.74) is 1.47. The van der Waals surface area contributed by atoms with Gasteiger partial charge >= 0.3 is 0 Å². The number of Topliss-reactive ketones (excluding diaryl/α,β-unsaturated/α-hetero) is 2. The van der Waals surface area contributed by atoms with E-state index in [1.807, 2.05) is 48.5 Å². The monoisotopic (exact) mass is 362 g/mol. The van der Waals surface area contributed by atoms with Crippen LogP contribution in [-0.4, -0.2) is 29.9 Å². The van der Waals surface area contributed by atoms with Crippen LogP contribution in [-0.2, 0) is 0 Å². The highest BCUT2D eigenvalue weighted by atomic mass is 16.1. The quantitative estimate of drug-likeness (QED) is 0.574. The van der Waals surface area contributed by atoms with Crippen LogP contribution in [0, 0.1) is 17.2 Å². The maximum atomic E-state index is 12.6. The van der Waals surface area contributed by atoms with Gasteiger partial charge in [0, 0.05) is 23.1 Å². The minimum absolute atomic E-state index is 0.0641. The van der Waals surface area contributed by atoms with Crippen molar-refractivity contribution in [3.8, 4) is 0 Å². The van der Waals surface area contributed by atoms with Gasteiger partial charge in [0.25, 0.3) is 0 Å². The van der Waals surface area contributed by atoms with Crippen molar-refractivity contribution in [2.24, 2.45) is 11.8 Å². The lowest BCUT2D eigenvalue weighted by Gasteiger charge is -2.33. The average Bonchev–Trinajstić information content (AvgIpc) is 2.71. The maximum absolute atomic E-state index is 12.6. The fourth-order valence-electron chi connectivity index (χ4n) is 3.90. The summed E-state index contributed by atoms with van der Waals surface area (Å²) in [6.45, 7) is 2.44. The van der Waals surface area contributed by atoms with Crippen LogP contribution in [0.25, 0.3) is 0 Å². The molecule has 0 aliphatic heterocycles. The largest absolute Gasteiger partial charge is 0.307 e. The zero-order chi connectivity index (χ0) is 19.2. The van der Waals surface area contributed by atoms with Crippen molar-refractivity contribution in [2.75, 3.05) is 6.54 Å². The first-order valence-corrected chi connectivity index (χ1v) is 9.54. The number of carbonyl (C=O) groups excluding carboxylic acids is 2. The fraction of sp³-hybridized carbons (Fsp3) is 0.348. The summed E-state index contributed by atoms with van der Waals surface area (Å²) >= 11 is 0. The molecule has 27 heavy (non-hydrogen) atoms. The molecule has 0 radical (unpaired) electrons. The molecule has 0 saturated heterocycles. The van der Waals surface area contributed by atoms with E-state index in [9.17, 15) is 9.59 Å². The van der Waals surface area contributed by atoms with E-state index in [2.05, 4.69) is 12.2 Å². The molecule has 1 saturated carbocycles. The first kappa shape index (κ1) is 19.2. The Kier molecular flexibility index (Phi) is 6.30. The molecule has 140 valence electrons. The second-order valence-corrected chi connectivity index (χ2v) is 7.49. The second kappa shape index (κ2) is 8.87. The van der Waals surface area contributed by atoms with Gasteiger partial charge in [-0.15, -0.1) is 0 Å². The summed E-state index contributed by atoms with van der Waals surface area (Å²) in [6.07, 6.45) is 2.54. The number of nitrogens with one attached hydrogen (secondary N) is 2. The molecule has 0 spiro atoms. The topological polar surface area (TPSA) is 70.0 Å². The van der Waals surface area contributed by atoms with Gasteiger partial charge in [0.1, 0.15) is 0 Å². The predicted octanol–water partition coefficient (Wildman–Crippen LogP) is 4.17. The van der Waals surface area contributed by atoms with Crippen molar-refractivity contribution in [3.63, 3.8) is 0 Å². The lowest BCUT2D eigenvalue weighted by molar-refractivity contribution is 0.0977. The Morgan fingerprint density at radius 3 is 2.15 bits per heavy atom. The number of hydrogen-bond acceptors (Lipinski definition) is 4. The number of hydrogen-bond donors (Lipinski definition) is 2. The minimum Gasteiger partial charge on any atom is -0.307 e. The number of benzene rings is 2. The molecule has 4 heteroatoms. The minimum atomic E-state index is -0.186. The van der Waals surface area contributed by atoms with Crippen molar-refractivity contribution < 1.29 is 9.59 Å². The summed E-state index contributed by atoms with van der Waals surface area (Å²) < 4.78 is 0. The Bertz CT molecular complexity index is 802. The standard InChI is InChI=1S/C23H26N2O2/c1-16-12-19(22(24)23(27)18-10-6-3-7-11-18)14-20(13-16)25-15-21(26)17-8-4-2-5-9-17/h2-11,16,19-20,24-25H,12-15H2,1H3/t16-,19+,20-/m0/s1. The van der Waals surface area contributed by atoms with Crippen molar-refractivity contribution in [2.45, 2.75) is 32.2 Å². The molecular formula is C23H26N2O2. The van der Waals surface area contributed by atoms with Crippen LogP contribution in [0.3, 0.4) is 0 Å². The van der Waals surface area contributed by atoms with Crippen molar-refractivity contribution in [1.29, 1.82) is 5.41 Å². The van der Waals surface area contributed by atoms with Gasteiger partial charge in [-0.3, -0.25) is 9.59 Å². The van der Waals surface area contributed by atoms with Gasteiger partial charge in [-0.2, -0.15) is 0 Å². The molecule has 3 rings (SSSR count). The lowest BCUT2D eigenvalue weighted by Crippen LogP contribution is -2.42. The first-order valence-electron chi connectivity index (χ1n) is 9.54. The third-order valence-corrected chi connectivity index (χ3v) is 5.28. The lowest BCUT2D eigenvalue weighted by atomic mass is 9.76. The molecule has 0 aromatic heterocycles. The fourth-order valence-corrected chi connectivity index (χ4v) is 3.90. The van der Waals surface area contributed by atoms with Crippen molar-refractivity contribution in [1.82, 2.24) is 5.32 Å². The number of rotatable bonds is 7. The molecule has 1 aliphatic rings. The zero-order valence-corrected chi connectivity index (χ0v) is 15.7. The first-order chi connectivity index (χ1) is 13.0. The predicted molar refractivity (Wildman–Crippen MR) is 108 cm³/mol. The summed E-state index contributed by atoms with van der Waals surface area (Å²) in [7, 11) is 0. The van der Waals surface area contributed by atoms with Gasteiger partial charge in [0.05, 0.1) is 12.3 Å². The summed E-state index contributed by atoms with van der Waals surface area (Å²) in [5.74, 6) is 0.234. The van der Waals surface area contributed by atoms with Crippen molar-refractivity contribution >= 4 is 17.3 Å². The molecular weight excluding hydrogens is 336 g/mol. The van der Waals surface area contributed by atoms with Crippen LogP contribution in [0.1, 0.15) is 46.9 Å². The zero-order valence-electron chi connectivity index (χ0n) is 15.7. The number of ketones is 2. The van der Waals surface area contributed by atoms with Gasteiger partial charge in [-0.05, 0) is 25.2 Å². The van der Waals surface area contributed by atoms with E-state index in [1.165, 1.54) is 0 Å². The summed E-state index contributed by atoms with van der Waals surface area (Å²) in [4.78, 5) is 24.9. The van der Waals surface area contributed by atoms with Gasteiger partial charge in [0.15, 0.2) is 5.78 Å². The molecule has 2 aromatic rings. The van der Waals surface area contributed by atoms with E-state index in [0.717, 1.165) is 19.3 Å². The molecule has 1 fully saturated rings. The van der Waals surface area contributed by atoms with Crippen LogP contribution in [0.2, 0.25) is 0 Å². The van der Waals surface area contributed by atoms with E-state index < -0.39 is 0 Å². The molecule has 4 nitrogen and oxygen atoms in total. The molecule has 0 heterocycles. The number of carbonyl (C=O) groups is 2. The van der Waals surface area contributed by atoms with Gasteiger partial charge in [-0.25, -0.2) is 0 Å². The Morgan fingerprint density at radius 2 is 1.52 bits per heavy atom. The third-order valence-electron chi connectivity index (χ3n) is 5.28. The highest BCUT2D eigenvalue weighted by Crippen LogP contribution is 2.30. The van der Waals surface area contributed by atoms with Crippen molar-refractivity contribution in [3.05, 3.63) is 71.8 Å².